The van der Waals surface area contributed by atoms with Gasteiger partial charge in [-0.2, -0.15) is 0 Å². The van der Waals surface area contributed by atoms with E-state index in [1.165, 1.54) is 0 Å². The third kappa shape index (κ3) is 2.48. The van der Waals surface area contributed by atoms with E-state index in [9.17, 15) is 5.11 Å². The summed E-state index contributed by atoms with van der Waals surface area (Å²) in [5.41, 5.74) is 4.87. The number of hydrogen-bond donors (Lipinski definition) is 2. The van der Waals surface area contributed by atoms with Crippen LogP contribution in [-0.2, 0) is 5.72 Å². The molecule has 2 aromatic rings. The van der Waals surface area contributed by atoms with E-state index in [1.54, 1.807) is 24.5 Å². The molecule has 6 nitrogen and oxygen atoms in total. The second kappa shape index (κ2) is 4.60. The van der Waals surface area contributed by atoms with E-state index < -0.39 is 5.72 Å². The molecule has 0 bridgehead atoms. The lowest BCUT2D eigenvalue weighted by atomic mass is 10.1. The van der Waals surface area contributed by atoms with Crippen molar-refractivity contribution in [1.29, 1.82) is 0 Å². The zero-order valence-electron chi connectivity index (χ0n) is 9.50. The summed E-state index contributed by atoms with van der Waals surface area (Å²) < 4.78 is 5.36. The van der Waals surface area contributed by atoms with Crippen LogP contribution in [0.3, 0.4) is 0 Å². The van der Waals surface area contributed by atoms with E-state index in [0.29, 0.717) is 12.3 Å². The highest BCUT2D eigenvalue weighted by molar-refractivity contribution is 5.50. The van der Waals surface area contributed by atoms with Crippen molar-refractivity contribution in [2.75, 3.05) is 0 Å². The quantitative estimate of drug-likeness (QED) is 0.767. The second-order valence-corrected chi connectivity index (χ2v) is 3.82. The molecule has 6 heteroatoms. The lowest BCUT2D eigenvalue weighted by molar-refractivity contribution is 0.00674. The summed E-state index contributed by atoms with van der Waals surface area (Å²) >= 11 is 0. The molecule has 0 aliphatic rings. The van der Waals surface area contributed by atoms with Crippen LogP contribution in [0.25, 0.3) is 11.5 Å². The first kappa shape index (κ1) is 11.7. The minimum Gasteiger partial charge on any atom is -0.416 e. The van der Waals surface area contributed by atoms with Crippen molar-refractivity contribution in [3.63, 3.8) is 0 Å². The highest BCUT2D eigenvalue weighted by Crippen LogP contribution is 2.23. The summed E-state index contributed by atoms with van der Waals surface area (Å²) in [6.45, 7) is 1.91. The van der Waals surface area contributed by atoms with Crippen molar-refractivity contribution in [3.8, 4) is 11.5 Å². The van der Waals surface area contributed by atoms with Gasteiger partial charge in [0.05, 0.1) is 0 Å². The molecule has 0 aromatic carbocycles. The van der Waals surface area contributed by atoms with E-state index in [4.69, 9.17) is 10.2 Å². The van der Waals surface area contributed by atoms with Gasteiger partial charge < -0.3 is 9.52 Å². The largest absolute Gasteiger partial charge is 0.416 e. The molecule has 2 heterocycles. The van der Waals surface area contributed by atoms with Crippen LogP contribution < -0.4 is 5.73 Å². The Kier molecular flexibility index (Phi) is 3.16. The van der Waals surface area contributed by atoms with E-state index in [2.05, 4.69) is 15.2 Å². The average molecular weight is 234 g/mol. The summed E-state index contributed by atoms with van der Waals surface area (Å²) in [6, 6.07) is 3.49. The average Bonchev–Trinajstić information content (AvgIpc) is 2.80. The number of aliphatic hydroxyl groups is 1. The Hall–Kier alpha value is -1.79. The maximum atomic E-state index is 9.92. The molecule has 0 aliphatic carbocycles. The maximum absolute atomic E-state index is 9.92. The maximum Gasteiger partial charge on any atom is 0.263 e. The summed E-state index contributed by atoms with van der Waals surface area (Å²) in [4.78, 5) is 3.89. The van der Waals surface area contributed by atoms with Crippen LogP contribution in [0.15, 0.2) is 28.9 Å². The standard InChI is InChI=1S/C11H14N4O2/c1-2-5-11(12,16)10-15-14-9(17-10)8-3-6-13-7-4-8/h3-4,6-7,16H,2,5,12H2,1H3. The molecule has 0 radical (unpaired) electrons. The Morgan fingerprint density at radius 2 is 2.06 bits per heavy atom. The Labute approximate surface area is 98.5 Å². The number of rotatable bonds is 4. The molecule has 90 valence electrons. The molecule has 3 N–H and O–H groups in total. The zero-order valence-corrected chi connectivity index (χ0v) is 9.50. The lowest BCUT2D eigenvalue weighted by Crippen LogP contribution is -2.36. The summed E-state index contributed by atoms with van der Waals surface area (Å²) in [7, 11) is 0. The van der Waals surface area contributed by atoms with Crippen LogP contribution >= 0.6 is 0 Å². The van der Waals surface area contributed by atoms with Crippen molar-refractivity contribution in [3.05, 3.63) is 30.4 Å². The number of nitrogens with two attached hydrogens (primary N) is 1. The molecule has 0 fully saturated rings. The van der Waals surface area contributed by atoms with Gasteiger partial charge in [-0.3, -0.25) is 10.7 Å². The molecule has 1 atom stereocenters. The monoisotopic (exact) mass is 234 g/mol. The molecule has 0 saturated heterocycles. The van der Waals surface area contributed by atoms with Crippen molar-refractivity contribution in [2.24, 2.45) is 5.73 Å². The number of aromatic nitrogens is 3. The van der Waals surface area contributed by atoms with Crippen LogP contribution in [0.1, 0.15) is 25.7 Å². The number of hydrogen-bond acceptors (Lipinski definition) is 6. The fraction of sp³-hybridized carbons (Fsp3) is 0.364. The fourth-order valence-corrected chi connectivity index (χ4v) is 1.50. The Bertz CT molecular complexity index is 481. The van der Waals surface area contributed by atoms with Gasteiger partial charge in [-0.25, -0.2) is 0 Å². The predicted molar refractivity (Wildman–Crippen MR) is 60.5 cm³/mol. The van der Waals surface area contributed by atoms with Crippen LogP contribution in [0.2, 0.25) is 0 Å². The van der Waals surface area contributed by atoms with Crippen molar-refractivity contribution < 1.29 is 9.52 Å². The Morgan fingerprint density at radius 1 is 1.35 bits per heavy atom. The number of pyridine rings is 1. The van der Waals surface area contributed by atoms with Gasteiger partial charge in [-0.05, 0) is 18.6 Å². The van der Waals surface area contributed by atoms with Gasteiger partial charge in [0.2, 0.25) is 5.89 Å². The minimum absolute atomic E-state index is 0.0335. The molecule has 0 saturated carbocycles. The van der Waals surface area contributed by atoms with E-state index in [-0.39, 0.29) is 5.89 Å². The number of nitrogens with zero attached hydrogens (tertiary/aromatic N) is 3. The highest BCUT2D eigenvalue weighted by Gasteiger charge is 2.29. The van der Waals surface area contributed by atoms with Crippen LogP contribution in [0.5, 0.6) is 0 Å². The van der Waals surface area contributed by atoms with Crippen LogP contribution in [0, 0.1) is 0 Å². The van der Waals surface area contributed by atoms with Gasteiger partial charge in [0.1, 0.15) is 0 Å². The molecule has 2 rings (SSSR count). The molecule has 17 heavy (non-hydrogen) atoms. The smallest absolute Gasteiger partial charge is 0.263 e. The highest BCUT2D eigenvalue weighted by atomic mass is 16.4. The molecule has 0 aliphatic heterocycles. The summed E-state index contributed by atoms with van der Waals surface area (Å²) in [5.74, 6) is 0.355. The summed E-state index contributed by atoms with van der Waals surface area (Å²) in [6.07, 6.45) is 4.34. The third-order valence-corrected chi connectivity index (χ3v) is 2.35. The van der Waals surface area contributed by atoms with E-state index in [1.807, 2.05) is 6.92 Å². The van der Waals surface area contributed by atoms with Crippen LogP contribution in [-0.4, -0.2) is 20.3 Å². The van der Waals surface area contributed by atoms with Gasteiger partial charge in [0, 0.05) is 18.0 Å². The SMILES string of the molecule is CCCC(N)(O)c1nnc(-c2ccncc2)o1. The first-order chi connectivity index (χ1) is 8.13. The molecule has 2 aromatic heterocycles. The predicted octanol–water partition coefficient (Wildman–Crippen LogP) is 1.04. The van der Waals surface area contributed by atoms with Gasteiger partial charge in [0.15, 0.2) is 5.72 Å². The molecule has 0 spiro atoms. The topological polar surface area (TPSA) is 98.1 Å². The normalized spacial score (nSPS) is 14.5. The molecule has 1 unspecified atom stereocenters. The molecule has 0 amide bonds. The van der Waals surface area contributed by atoms with E-state index >= 15 is 0 Å². The minimum atomic E-state index is -1.56. The first-order valence-electron chi connectivity index (χ1n) is 5.39. The van der Waals surface area contributed by atoms with Gasteiger partial charge in [-0.1, -0.05) is 13.3 Å². The molecular formula is C11H14N4O2. The summed E-state index contributed by atoms with van der Waals surface area (Å²) in [5, 5.41) is 17.5. The van der Waals surface area contributed by atoms with Gasteiger partial charge in [-0.15, -0.1) is 10.2 Å². The van der Waals surface area contributed by atoms with Gasteiger partial charge >= 0.3 is 0 Å². The van der Waals surface area contributed by atoms with E-state index in [0.717, 1.165) is 12.0 Å². The van der Waals surface area contributed by atoms with Crippen LogP contribution in [0.4, 0.5) is 0 Å². The van der Waals surface area contributed by atoms with Crippen molar-refractivity contribution in [1.82, 2.24) is 15.2 Å². The Balaban J connectivity index is 2.28. The fourth-order valence-electron chi connectivity index (χ4n) is 1.50. The van der Waals surface area contributed by atoms with Crippen molar-refractivity contribution in [2.45, 2.75) is 25.5 Å². The lowest BCUT2D eigenvalue weighted by Gasteiger charge is -2.16. The first-order valence-corrected chi connectivity index (χ1v) is 5.39. The van der Waals surface area contributed by atoms with Crippen molar-refractivity contribution >= 4 is 0 Å². The third-order valence-electron chi connectivity index (χ3n) is 2.35. The zero-order chi connectivity index (χ0) is 12.3. The van der Waals surface area contributed by atoms with Gasteiger partial charge in [0.25, 0.3) is 5.89 Å². The molecular weight excluding hydrogens is 220 g/mol. The Morgan fingerprint density at radius 3 is 2.71 bits per heavy atom. The second-order valence-electron chi connectivity index (χ2n) is 3.82.